The Morgan fingerprint density at radius 1 is 1.27 bits per heavy atom. The van der Waals surface area contributed by atoms with E-state index in [4.69, 9.17) is 4.74 Å². The second-order valence-electron chi connectivity index (χ2n) is 5.71. The van der Waals surface area contributed by atoms with Gasteiger partial charge >= 0.3 is 0 Å². The lowest BCUT2D eigenvalue weighted by atomic mass is 10.2. The molecule has 0 amide bonds. The van der Waals surface area contributed by atoms with Crippen molar-refractivity contribution in [3.63, 3.8) is 0 Å². The van der Waals surface area contributed by atoms with Gasteiger partial charge in [-0.25, -0.2) is 14.0 Å². The summed E-state index contributed by atoms with van der Waals surface area (Å²) in [5.74, 6) is 0.824. The van der Waals surface area contributed by atoms with Gasteiger partial charge in [0.25, 0.3) is 5.65 Å². The summed E-state index contributed by atoms with van der Waals surface area (Å²) in [7, 11) is 2.04. The second kappa shape index (κ2) is 7.37. The van der Waals surface area contributed by atoms with E-state index in [1.54, 1.807) is 12.4 Å². The predicted octanol–water partition coefficient (Wildman–Crippen LogP) is 3.25. The Bertz CT molecular complexity index is 1020. The van der Waals surface area contributed by atoms with Gasteiger partial charge in [0.1, 0.15) is 11.9 Å². The Morgan fingerprint density at radius 2 is 2.15 bits per heavy atom. The van der Waals surface area contributed by atoms with Crippen molar-refractivity contribution in [1.29, 1.82) is 0 Å². The molecule has 6 nitrogen and oxygen atoms in total. The zero-order chi connectivity index (χ0) is 17.8. The largest absolute Gasteiger partial charge is 0.485 e. The maximum atomic E-state index is 5.92. The monoisotopic (exact) mass is 364 g/mol. The van der Waals surface area contributed by atoms with Crippen molar-refractivity contribution in [2.75, 3.05) is 5.43 Å². The number of aryl methyl sites for hydroxylation is 1. The molecular weight excluding hydrogens is 346 g/mol. The molecule has 3 aromatic heterocycles. The summed E-state index contributed by atoms with van der Waals surface area (Å²) < 4.78 is 10.1. The van der Waals surface area contributed by atoms with Gasteiger partial charge in [-0.05, 0) is 35.9 Å². The normalized spacial score (nSPS) is 11.3. The van der Waals surface area contributed by atoms with Crippen LogP contribution in [-0.4, -0.2) is 15.8 Å². The van der Waals surface area contributed by atoms with Crippen LogP contribution in [0.3, 0.4) is 0 Å². The molecule has 0 fully saturated rings. The number of aromatic nitrogens is 3. The number of benzene rings is 1. The first kappa shape index (κ1) is 16.3. The van der Waals surface area contributed by atoms with Gasteiger partial charge < -0.3 is 4.74 Å². The molecular formula is C19H18N5OS+. The Hall–Kier alpha value is -3.19. The van der Waals surface area contributed by atoms with Crippen molar-refractivity contribution in [2.24, 2.45) is 12.1 Å². The molecule has 4 aromatic rings. The van der Waals surface area contributed by atoms with Crippen molar-refractivity contribution in [3.8, 4) is 5.75 Å². The minimum absolute atomic E-state index is 0.511. The van der Waals surface area contributed by atoms with Gasteiger partial charge in [-0.3, -0.25) is 5.43 Å². The quantitative estimate of drug-likeness (QED) is 0.325. The molecule has 3 heterocycles. The van der Waals surface area contributed by atoms with E-state index < -0.39 is 0 Å². The maximum Gasteiger partial charge on any atom is 0.286 e. The summed E-state index contributed by atoms with van der Waals surface area (Å²) in [6.07, 6.45) is 7.61. The highest BCUT2D eigenvalue weighted by Crippen LogP contribution is 2.14. The Labute approximate surface area is 155 Å². The van der Waals surface area contributed by atoms with Gasteiger partial charge in [-0.1, -0.05) is 6.07 Å². The molecule has 0 saturated heterocycles. The number of hydrogen-bond acceptors (Lipinski definition) is 5. The number of pyridine rings is 1. The molecule has 0 aliphatic carbocycles. The lowest BCUT2D eigenvalue weighted by Gasteiger charge is -2.04. The third kappa shape index (κ3) is 3.57. The third-order valence-electron chi connectivity index (χ3n) is 4.00. The van der Waals surface area contributed by atoms with Gasteiger partial charge in [0.05, 0.1) is 19.5 Å². The molecule has 26 heavy (non-hydrogen) atoms. The summed E-state index contributed by atoms with van der Waals surface area (Å²) in [6, 6.07) is 14.0. The van der Waals surface area contributed by atoms with Crippen LogP contribution >= 0.6 is 11.3 Å². The zero-order valence-electron chi connectivity index (χ0n) is 14.2. The molecule has 1 aromatic carbocycles. The van der Waals surface area contributed by atoms with E-state index in [0.29, 0.717) is 6.61 Å². The van der Waals surface area contributed by atoms with Crippen molar-refractivity contribution in [2.45, 2.75) is 6.61 Å². The van der Waals surface area contributed by atoms with Crippen molar-refractivity contribution in [3.05, 3.63) is 77.7 Å². The van der Waals surface area contributed by atoms with Gasteiger partial charge in [0.15, 0.2) is 12.3 Å². The van der Waals surface area contributed by atoms with Crippen LogP contribution in [0.25, 0.3) is 5.65 Å². The zero-order valence-corrected chi connectivity index (χ0v) is 15.1. The Balaban J connectivity index is 1.37. The number of hydrazone groups is 1. The molecule has 0 aliphatic rings. The molecule has 0 aliphatic heterocycles. The van der Waals surface area contributed by atoms with E-state index in [-0.39, 0.29) is 0 Å². The number of anilines is 1. The molecule has 0 radical (unpaired) electrons. The minimum atomic E-state index is 0.511. The number of rotatable bonds is 6. The summed E-state index contributed by atoms with van der Waals surface area (Å²) in [5.41, 5.74) is 6.12. The van der Waals surface area contributed by atoms with Gasteiger partial charge in [-0.15, -0.1) is 11.3 Å². The molecule has 0 spiro atoms. The van der Waals surface area contributed by atoms with Crippen molar-refractivity contribution in [1.82, 2.24) is 9.55 Å². The molecule has 0 atom stereocenters. The van der Waals surface area contributed by atoms with E-state index in [9.17, 15) is 0 Å². The second-order valence-corrected chi connectivity index (χ2v) is 6.61. The highest BCUT2D eigenvalue weighted by molar-refractivity contribution is 7.13. The van der Waals surface area contributed by atoms with Crippen LogP contribution < -0.4 is 14.6 Å². The van der Waals surface area contributed by atoms with Crippen molar-refractivity contribution >= 4 is 28.3 Å². The fraction of sp³-hybridized carbons (Fsp3) is 0.105. The Kier molecular flexibility index (Phi) is 4.61. The minimum Gasteiger partial charge on any atom is -0.485 e. The number of nitrogens with zero attached hydrogens (tertiary/aromatic N) is 4. The average molecular weight is 364 g/mol. The molecule has 7 heteroatoms. The molecule has 4 rings (SSSR count). The number of nitrogens with one attached hydrogen (secondary N) is 1. The molecule has 0 saturated carbocycles. The smallest absolute Gasteiger partial charge is 0.286 e. The SMILES string of the molecule is Cn1c(COc2ccc(/C=N/Nc3nccs3)cc2)c[n+]2ccccc12. The summed E-state index contributed by atoms with van der Waals surface area (Å²) >= 11 is 1.51. The molecule has 0 unspecified atom stereocenters. The molecule has 130 valence electrons. The van der Waals surface area contributed by atoms with E-state index >= 15 is 0 Å². The first-order valence-electron chi connectivity index (χ1n) is 8.15. The van der Waals surface area contributed by atoms with Crippen LogP contribution in [0, 0.1) is 0 Å². The molecule has 1 N–H and O–H groups in total. The first-order valence-corrected chi connectivity index (χ1v) is 9.03. The topological polar surface area (TPSA) is 55.5 Å². The average Bonchev–Trinajstić information content (AvgIpc) is 3.30. The fourth-order valence-corrected chi connectivity index (χ4v) is 3.09. The van der Waals surface area contributed by atoms with Crippen LogP contribution in [0.5, 0.6) is 5.75 Å². The number of hydrogen-bond donors (Lipinski definition) is 1. The Morgan fingerprint density at radius 3 is 2.92 bits per heavy atom. The van der Waals surface area contributed by atoms with E-state index in [1.165, 1.54) is 11.3 Å². The number of ether oxygens (including phenoxy) is 1. The summed E-state index contributed by atoms with van der Waals surface area (Å²) in [6.45, 7) is 0.511. The summed E-state index contributed by atoms with van der Waals surface area (Å²) in [4.78, 5) is 4.11. The first-order chi connectivity index (χ1) is 12.8. The van der Waals surface area contributed by atoms with Crippen molar-refractivity contribution < 1.29 is 9.14 Å². The standard InChI is InChI=1S/C19H18N5OS/c1-23-16(13-24-10-3-2-4-18(23)24)14-25-17-7-5-15(6-8-17)12-21-22-19-20-9-11-26-19/h2-13H,14H2,1H3,(H,20,22)/q+1/b21-12+. The van der Waals surface area contributed by atoms with Crippen LogP contribution in [0.2, 0.25) is 0 Å². The highest BCUT2D eigenvalue weighted by atomic mass is 32.1. The predicted molar refractivity (Wildman–Crippen MR) is 103 cm³/mol. The highest BCUT2D eigenvalue weighted by Gasteiger charge is 2.13. The maximum absolute atomic E-state index is 5.92. The van der Waals surface area contributed by atoms with Gasteiger partial charge in [0.2, 0.25) is 5.13 Å². The van der Waals surface area contributed by atoms with Gasteiger partial charge in [-0.2, -0.15) is 5.10 Å². The van der Waals surface area contributed by atoms with Crippen LogP contribution in [0.1, 0.15) is 11.3 Å². The lowest BCUT2D eigenvalue weighted by molar-refractivity contribution is -0.511. The molecule has 0 bridgehead atoms. The van der Waals surface area contributed by atoms with Crippen LogP contribution in [0.15, 0.2) is 71.5 Å². The van der Waals surface area contributed by atoms with Crippen LogP contribution in [0.4, 0.5) is 5.13 Å². The lowest BCUT2D eigenvalue weighted by Crippen LogP contribution is -2.17. The third-order valence-corrected chi connectivity index (χ3v) is 4.68. The van der Waals surface area contributed by atoms with E-state index in [2.05, 4.69) is 36.7 Å². The van der Waals surface area contributed by atoms with Crippen LogP contribution in [-0.2, 0) is 13.7 Å². The fourth-order valence-electron chi connectivity index (χ4n) is 2.62. The number of imidazole rings is 1. The number of fused-ring (bicyclic) bond motifs is 1. The van der Waals surface area contributed by atoms with E-state index in [0.717, 1.165) is 27.8 Å². The summed E-state index contributed by atoms with van der Waals surface area (Å²) in [5, 5.41) is 6.84. The number of thiazole rings is 1. The van der Waals surface area contributed by atoms with E-state index in [1.807, 2.05) is 55.0 Å². The van der Waals surface area contributed by atoms with Gasteiger partial charge in [0, 0.05) is 17.6 Å².